The Kier molecular flexibility index (Phi) is 8.11. The van der Waals surface area contributed by atoms with Gasteiger partial charge in [-0.25, -0.2) is 0 Å². The maximum atomic E-state index is 13.2. The van der Waals surface area contributed by atoms with Crippen LogP contribution in [-0.4, -0.2) is 23.0 Å². The zero-order valence-electron chi connectivity index (χ0n) is 18.2. The molecule has 164 valence electrons. The lowest BCUT2D eigenvalue weighted by molar-refractivity contribution is -0.120. The van der Waals surface area contributed by atoms with Gasteiger partial charge in [0, 0.05) is 6.04 Å². The molecule has 0 heterocycles. The molecule has 0 fully saturated rings. The lowest BCUT2D eigenvalue weighted by Gasteiger charge is -2.19. The Labute approximate surface area is 194 Å². The van der Waals surface area contributed by atoms with Gasteiger partial charge >= 0.3 is 0 Å². The Hall–Kier alpha value is -3.51. The molecule has 0 radical (unpaired) electrons. The van der Waals surface area contributed by atoms with Crippen molar-refractivity contribution in [2.75, 3.05) is 5.32 Å². The van der Waals surface area contributed by atoms with Gasteiger partial charge in [-0.3, -0.25) is 9.59 Å². The van der Waals surface area contributed by atoms with Crippen LogP contribution in [0.5, 0.6) is 0 Å². The van der Waals surface area contributed by atoms with Gasteiger partial charge in [0.1, 0.15) is 0 Å². The average Bonchev–Trinajstić information content (AvgIpc) is 2.80. The summed E-state index contributed by atoms with van der Waals surface area (Å²) in [7, 11) is 0. The van der Waals surface area contributed by atoms with Gasteiger partial charge in [-0.1, -0.05) is 79.7 Å². The molecule has 3 aromatic rings. The molecule has 0 aliphatic rings. The number of carbonyl (C=O) groups excluding carboxylic acids is 2. The van der Waals surface area contributed by atoms with Crippen LogP contribution in [0.2, 0.25) is 0 Å². The van der Waals surface area contributed by atoms with E-state index in [4.69, 9.17) is 12.2 Å². The minimum absolute atomic E-state index is 0.0553. The second-order valence-corrected chi connectivity index (χ2v) is 7.93. The van der Waals surface area contributed by atoms with Crippen LogP contribution in [0.1, 0.15) is 47.7 Å². The summed E-state index contributed by atoms with van der Waals surface area (Å²) in [6, 6.07) is 26.3. The molecule has 1 unspecified atom stereocenters. The third-order valence-corrected chi connectivity index (χ3v) is 5.38. The number of hydrogen-bond acceptors (Lipinski definition) is 3. The van der Waals surface area contributed by atoms with Gasteiger partial charge in [-0.2, -0.15) is 0 Å². The van der Waals surface area contributed by atoms with E-state index in [1.165, 1.54) is 0 Å². The number of para-hydroxylation sites is 1. The number of rotatable bonds is 7. The third-order valence-electron chi connectivity index (χ3n) is 5.17. The van der Waals surface area contributed by atoms with Crippen LogP contribution in [0.4, 0.5) is 5.69 Å². The zero-order chi connectivity index (χ0) is 22.9. The molecule has 6 heteroatoms. The van der Waals surface area contributed by atoms with E-state index in [0.29, 0.717) is 11.3 Å². The van der Waals surface area contributed by atoms with Crippen LogP contribution in [0.3, 0.4) is 0 Å². The number of benzene rings is 3. The standard InChI is InChI=1S/C26H27N3O2S/c1-3-18(2)27-24(30)21-16-10-11-17-22(21)28-26(32)29-25(31)23(19-12-6-4-7-13-19)20-14-8-5-9-15-20/h4-18,23H,3H2,1-2H3,(H,27,30)(H2,28,29,31,32). The Bertz CT molecular complexity index is 1030. The SMILES string of the molecule is CCC(C)NC(=O)c1ccccc1NC(=S)NC(=O)C(c1ccccc1)c1ccccc1. The third kappa shape index (κ3) is 6.02. The van der Waals surface area contributed by atoms with Gasteiger partial charge < -0.3 is 16.0 Å². The Morgan fingerprint density at radius 3 is 1.94 bits per heavy atom. The van der Waals surface area contributed by atoms with Gasteiger partial charge in [0.15, 0.2) is 5.11 Å². The van der Waals surface area contributed by atoms with Crippen molar-refractivity contribution in [2.45, 2.75) is 32.2 Å². The second kappa shape index (κ2) is 11.2. The highest BCUT2D eigenvalue weighted by molar-refractivity contribution is 7.80. The molecule has 3 N–H and O–H groups in total. The zero-order valence-corrected chi connectivity index (χ0v) is 19.0. The minimum atomic E-state index is -0.513. The smallest absolute Gasteiger partial charge is 0.253 e. The fourth-order valence-electron chi connectivity index (χ4n) is 3.32. The van der Waals surface area contributed by atoms with E-state index in [0.717, 1.165) is 17.5 Å². The number of thiocarbonyl (C=S) groups is 1. The van der Waals surface area contributed by atoms with E-state index in [2.05, 4.69) is 16.0 Å². The summed E-state index contributed by atoms with van der Waals surface area (Å²) in [6.45, 7) is 3.96. The van der Waals surface area contributed by atoms with E-state index in [1.807, 2.05) is 80.6 Å². The molecule has 32 heavy (non-hydrogen) atoms. The molecule has 0 aromatic heterocycles. The van der Waals surface area contributed by atoms with Crippen molar-refractivity contribution >= 4 is 34.8 Å². The highest BCUT2D eigenvalue weighted by Gasteiger charge is 2.23. The van der Waals surface area contributed by atoms with Crippen molar-refractivity contribution in [3.05, 3.63) is 102 Å². The summed E-state index contributed by atoms with van der Waals surface area (Å²) in [5.74, 6) is -0.953. The van der Waals surface area contributed by atoms with Crippen LogP contribution < -0.4 is 16.0 Å². The van der Waals surface area contributed by atoms with Crippen LogP contribution >= 0.6 is 12.2 Å². The summed E-state index contributed by atoms with van der Waals surface area (Å²) in [5, 5.41) is 8.89. The molecule has 5 nitrogen and oxygen atoms in total. The van der Waals surface area contributed by atoms with E-state index in [1.54, 1.807) is 18.2 Å². The van der Waals surface area contributed by atoms with Crippen molar-refractivity contribution in [3.8, 4) is 0 Å². The fraction of sp³-hybridized carbons (Fsp3) is 0.192. The molecule has 0 spiro atoms. The number of anilines is 1. The van der Waals surface area contributed by atoms with Crippen LogP contribution in [-0.2, 0) is 4.79 Å². The minimum Gasteiger partial charge on any atom is -0.350 e. The molecule has 3 rings (SSSR count). The molecule has 0 bridgehead atoms. The maximum absolute atomic E-state index is 13.2. The summed E-state index contributed by atoms with van der Waals surface area (Å²) in [4.78, 5) is 25.9. The molecule has 3 aromatic carbocycles. The van der Waals surface area contributed by atoms with Gasteiger partial charge in [0.25, 0.3) is 5.91 Å². The number of hydrogen-bond donors (Lipinski definition) is 3. The summed E-state index contributed by atoms with van der Waals surface area (Å²) in [6.07, 6.45) is 0.830. The lowest BCUT2D eigenvalue weighted by atomic mass is 9.90. The monoisotopic (exact) mass is 445 g/mol. The maximum Gasteiger partial charge on any atom is 0.253 e. The Morgan fingerprint density at radius 2 is 1.38 bits per heavy atom. The number of carbonyl (C=O) groups is 2. The first-order valence-corrected chi connectivity index (χ1v) is 11.0. The van der Waals surface area contributed by atoms with E-state index < -0.39 is 5.92 Å². The Morgan fingerprint density at radius 1 is 0.844 bits per heavy atom. The van der Waals surface area contributed by atoms with Crippen molar-refractivity contribution < 1.29 is 9.59 Å². The van der Waals surface area contributed by atoms with Crippen LogP contribution in [0.15, 0.2) is 84.9 Å². The average molecular weight is 446 g/mol. The molecule has 0 saturated heterocycles. The first-order valence-electron chi connectivity index (χ1n) is 10.6. The van der Waals surface area contributed by atoms with E-state index in [9.17, 15) is 9.59 Å². The highest BCUT2D eigenvalue weighted by Crippen LogP contribution is 2.25. The molecule has 0 aliphatic heterocycles. The number of nitrogens with one attached hydrogen (secondary N) is 3. The highest BCUT2D eigenvalue weighted by atomic mass is 32.1. The fourth-order valence-corrected chi connectivity index (χ4v) is 3.53. The molecule has 0 aliphatic carbocycles. The van der Waals surface area contributed by atoms with Crippen LogP contribution in [0, 0.1) is 0 Å². The predicted octanol–water partition coefficient (Wildman–Crippen LogP) is 4.86. The molecular formula is C26H27N3O2S. The first kappa shape index (κ1) is 23.2. The molecule has 1 atom stereocenters. The Balaban J connectivity index is 1.77. The first-order chi connectivity index (χ1) is 15.5. The molecule has 0 saturated carbocycles. The predicted molar refractivity (Wildman–Crippen MR) is 133 cm³/mol. The second-order valence-electron chi connectivity index (χ2n) is 7.53. The quantitative estimate of drug-likeness (QED) is 0.454. The lowest BCUT2D eigenvalue weighted by Crippen LogP contribution is -2.38. The summed E-state index contributed by atoms with van der Waals surface area (Å²) >= 11 is 5.41. The van der Waals surface area contributed by atoms with Gasteiger partial charge in [0.05, 0.1) is 17.2 Å². The van der Waals surface area contributed by atoms with Crippen molar-refractivity contribution in [3.63, 3.8) is 0 Å². The molecular weight excluding hydrogens is 418 g/mol. The van der Waals surface area contributed by atoms with Gasteiger partial charge in [0.2, 0.25) is 5.91 Å². The largest absolute Gasteiger partial charge is 0.350 e. The topological polar surface area (TPSA) is 70.2 Å². The van der Waals surface area contributed by atoms with Crippen LogP contribution in [0.25, 0.3) is 0 Å². The molecule has 2 amide bonds. The normalized spacial score (nSPS) is 11.5. The number of amides is 2. The summed E-state index contributed by atoms with van der Waals surface area (Å²) < 4.78 is 0. The van der Waals surface area contributed by atoms with Gasteiger partial charge in [-0.15, -0.1) is 0 Å². The summed E-state index contributed by atoms with van der Waals surface area (Å²) in [5.41, 5.74) is 2.74. The van der Waals surface area contributed by atoms with E-state index in [-0.39, 0.29) is 23.0 Å². The van der Waals surface area contributed by atoms with Crippen molar-refractivity contribution in [1.82, 2.24) is 10.6 Å². The van der Waals surface area contributed by atoms with Crippen molar-refractivity contribution in [1.29, 1.82) is 0 Å². The van der Waals surface area contributed by atoms with Gasteiger partial charge in [-0.05, 0) is 48.8 Å². The van der Waals surface area contributed by atoms with Crippen molar-refractivity contribution in [2.24, 2.45) is 0 Å². The van der Waals surface area contributed by atoms with E-state index >= 15 is 0 Å².